The van der Waals surface area contributed by atoms with Crippen LogP contribution < -0.4 is 4.90 Å². The predicted molar refractivity (Wildman–Crippen MR) is 218 cm³/mol. The van der Waals surface area contributed by atoms with E-state index >= 15 is 0 Å². The third-order valence-electron chi connectivity index (χ3n) is 12.5. The summed E-state index contributed by atoms with van der Waals surface area (Å²) < 4.78 is 55.3. The highest BCUT2D eigenvalue weighted by Gasteiger charge is 2.55. The zero-order valence-electron chi connectivity index (χ0n) is 35.5. The lowest BCUT2D eigenvalue weighted by atomic mass is 9.90. The van der Waals surface area contributed by atoms with Gasteiger partial charge in [-0.15, -0.1) is 0 Å². The second-order valence-electron chi connectivity index (χ2n) is 18.1. The van der Waals surface area contributed by atoms with Crippen LogP contribution in [0.25, 0.3) is 0 Å². The molecule has 6 rings (SSSR count). The number of hydrogen-bond donors (Lipinski definition) is 0. The maximum absolute atomic E-state index is 6.23. The van der Waals surface area contributed by atoms with Gasteiger partial charge >= 0.3 is 22.0 Å². The number of anilines is 3. The van der Waals surface area contributed by atoms with Crippen LogP contribution in [0.1, 0.15) is 139 Å². The van der Waals surface area contributed by atoms with Crippen molar-refractivity contribution in [2.45, 2.75) is 156 Å². The number of hydrogen-bond acceptors (Lipinski definition) is 10. The fraction of sp³-hybridized carbons (Fsp3) is 0.571. The largest absolute Gasteiger partial charge is 0.640 e. The van der Waals surface area contributed by atoms with Crippen LogP contribution in [0.4, 0.5) is 17.1 Å². The van der Waals surface area contributed by atoms with Crippen LogP contribution in [-0.2, 0) is 41.9 Å². The summed E-state index contributed by atoms with van der Waals surface area (Å²) in [5, 5.41) is 0. The van der Waals surface area contributed by atoms with E-state index in [1.165, 1.54) is 0 Å². The van der Waals surface area contributed by atoms with Gasteiger partial charge in [-0.1, -0.05) is 36.4 Å². The molecule has 0 aromatic heterocycles. The van der Waals surface area contributed by atoms with Crippen LogP contribution in [-0.4, -0.2) is 55.6 Å². The van der Waals surface area contributed by atoms with Crippen LogP contribution in [0.15, 0.2) is 72.8 Å². The fourth-order valence-corrected chi connectivity index (χ4v) is 6.40. The van der Waals surface area contributed by atoms with Gasteiger partial charge in [0.25, 0.3) is 0 Å². The highest BCUT2D eigenvalue weighted by Crippen LogP contribution is 2.42. The summed E-state index contributed by atoms with van der Waals surface area (Å²) in [7, 11) is -2.25. The molecule has 3 fully saturated rings. The molecular weight excluding hydrogens is 695 g/mol. The molecule has 0 saturated carbocycles. The topological polar surface area (TPSA) is 86.3 Å². The first kappa shape index (κ1) is 41.9. The Morgan fingerprint density at radius 3 is 0.727 bits per heavy atom. The Morgan fingerprint density at radius 2 is 0.545 bits per heavy atom. The SMILES string of the molecule is CC(OB1OC(C)(C)C(C)(C)O1)c1ccc(N(c2ccc(C(C)OB3OC(C)(C)C(C)(C)O3)cc2)c2ccc(C(C)OB3OC(C)(C)C(C)(C)O3)cc2)cc1. The lowest BCUT2D eigenvalue weighted by Crippen LogP contribution is -2.41. The van der Waals surface area contributed by atoms with Crippen molar-refractivity contribution in [3.63, 3.8) is 0 Å². The minimum Gasteiger partial charge on any atom is -0.379 e. The Morgan fingerprint density at radius 1 is 0.364 bits per heavy atom. The molecule has 3 aromatic rings. The van der Waals surface area contributed by atoms with Crippen LogP contribution in [0.3, 0.4) is 0 Å². The quantitative estimate of drug-likeness (QED) is 0.167. The van der Waals surface area contributed by atoms with Gasteiger partial charge in [0.2, 0.25) is 0 Å². The zero-order chi connectivity index (χ0) is 40.4. The van der Waals surface area contributed by atoms with E-state index in [0.29, 0.717) is 0 Å². The number of benzene rings is 3. The fourth-order valence-electron chi connectivity index (χ4n) is 6.40. The summed E-state index contributed by atoms with van der Waals surface area (Å²) >= 11 is 0. The number of rotatable bonds is 12. The summed E-state index contributed by atoms with van der Waals surface area (Å²) in [6.07, 6.45) is -0.773. The first-order chi connectivity index (χ1) is 25.4. The van der Waals surface area contributed by atoms with Gasteiger partial charge in [-0.2, -0.15) is 0 Å². The summed E-state index contributed by atoms with van der Waals surface area (Å²) in [5.74, 6) is 0. The second kappa shape index (κ2) is 14.9. The maximum Gasteiger partial charge on any atom is 0.640 e. The van der Waals surface area contributed by atoms with E-state index in [1.807, 2.05) is 104 Å². The van der Waals surface area contributed by atoms with Crippen molar-refractivity contribution in [2.75, 3.05) is 4.90 Å². The van der Waals surface area contributed by atoms with Crippen LogP contribution >= 0.6 is 0 Å². The highest BCUT2D eigenvalue weighted by molar-refractivity contribution is 6.38. The third kappa shape index (κ3) is 8.61. The molecule has 3 atom stereocenters. The van der Waals surface area contributed by atoms with E-state index in [0.717, 1.165) is 33.8 Å². The molecular formula is C42H60B3NO9. The third-order valence-corrected chi connectivity index (χ3v) is 12.5. The molecule has 55 heavy (non-hydrogen) atoms. The van der Waals surface area contributed by atoms with Crippen molar-refractivity contribution in [1.82, 2.24) is 0 Å². The van der Waals surface area contributed by atoms with Gasteiger partial charge < -0.3 is 46.8 Å². The van der Waals surface area contributed by atoms with Crippen molar-refractivity contribution in [3.05, 3.63) is 89.5 Å². The standard InChI is InChI=1S/C42H60B3NO9/c1-28(47-43-50-37(4,5)38(6,7)51-43)31-16-22-34(23-17-31)46(35-24-18-32(19-25-35)29(2)48-44-52-39(8,9)40(10,11)53-44)36-26-20-33(21-27-36)30(3)49-45-54-41(12,13)42(14,15)55-45/h16-30H,1-15H3. The van der Waals surface area contributed by atoms with Crippen molar-refractivity contribution in [1.29, 1.82) is 0 Å². The van der Waals surface area contributed by atoms with Gasteiger partial charge in [-0.05, 0) is 157 Å². The summed E-state index contributed by atoms with van der Waals surface area (Å²) in [5.41, 5.74) is 3.12. The minimum atomic E-state index is -0.750. The maximum atomic E-state index is 6.23. The molecule has 3 aromatic carbocycles. The summed E-state index contributed by atoms with van der Waals surface area (Å²) in [6.45, 7) is 30.2. The van der Waals surface area contributed by atoms with E-state index in [9.17, 15) is 0 Å². The van der Waals surface area contributed by atoms with Crippen molar-refractivity contribution >= 4 is 39.0 Å². The van der Waals surface area contributed by atoms with Crippen molar-refractivity contribution in [2.24, 2.45) is 0 Å². The Bertz CT molecular complexity index is 1530. The molecule has 0 amide bonds. The van der Waals surface area contributed by atoms with Crippen LogP contribution in [0.5, 0.6) is 0 Å². The molecule has 3 saturated heterocycles. The Balaban J connectivity index is 1.22. The lowest BCUT2D eigenvalue weighted by Gasteiger charge is -2.31. The molecule has 0 N–H and O–H groups in total. The van der Waals surface area contributed by atoms with Crippen molar-refractivity contribution in [3.8, 4) is 0 Å². The molecule has 296 valence electrons. The summed E-state index contributed by atoms with van der Waals surface area (Å²) in [6, 6.07) is 25.2. The zero-order valence-corrected chi connectivity index (χ0v) is 35.5. The van der Waals surface area contributed by atoms with E-state index in [2.05, 4.69) is 77.7 Å². The lowest BCUT2D eigenvalue weighted by molar-refractivity contribution is 0.00578. The van der Waals surface area contributed by atoms with Gasteiger partial charge in [0, 0.05) is 17.1 Å². The minimum absolute atomic E-state index is 0.258. The molecule has 0 spiro atoms. The monoisotopic (exact) mass is 755 g/mol. The van der Waals surface area contributed by atoms with Gasteiger partial charge in [0.05, 0.1) is 51.9 Å². The Labute approximate surface area is 330 Å². The molecule has 3 aliphatic rings. The second-order valence-corrected chi connectivity index (χ2v) is 18.1. The van der Waals surface area contributed by atoms with E-state index < -0.39 is 55.6 Å². The van der Waals surface area contributed by atoms with E-state index in [1.54, 1.807) is 0 Å². The van der Waals surface area contributed by atoms with Gasteiger partial charge in [0.15, 0.2) is 0 Å². The Kier molecular flexibility index (Phi) is 11.4. The molecule has 10 nitrogen and oxygen atoms in total. The Hall–Kier alpha value is -2.71. The molecule has 13 heteroatoms. The predicted octanol–water partition coefficient (Wildman–Crippen LogP) is 10.2. The highest BCUT2D eigenvalue weighted by atomic mass is 16.8. The first-order valence-corrected chi connectivity index (χ1v) is 19.5. The molecule has 3 unspecified atom stereocenters. The average Bonchev–Trinajstić information content (AvgIpc) is 3.52. The van der Waals surface area contributed by atoms with Crippen molar-refractivity contribution < 1.29 is 41.9 Å². The van der Waals surface area contributed by atoms with Gasteiger partial charge in [0.1, 0.15) is 0 Å². The number of nitrogens with zero attached hydrogens (tertiary/aromatic N) is 1. The molecule has 3 heterocycles. The average molecular weight is 755 g/mol. The normalized spacial score (nSPS) is 23.5. The molecule has 0 bridgehead atoms. The van der Waals surface area contributed by atoms with Crippen LogP contribution in [0.2, 0.25) is 0 Å². The van der Waals surface area contributed by atoms with Gasteiger partial charge in [-0.25, -0.2) is 0 Å². The molecule has 3 aliphatic heterocycles. The van der Waals surface area contributed by atoms with Gasteiger partial charge in [-0.3, -0.25) is 0 Å². The van der Waals surface area contributed by atoms with E-state index in [4.69, 9.17) is 41.9 Å². The molecule has 0 radical (unpaired) electrons. The van der Waals surface area contributed by atoms with E-state index in [-0.39, 0.29) is 18.3 Å². The van der Waals surface area contributed by atoms with Crippen LogP contribution in [0, 0.1) is 0 Å². The first-order valence-electron chi connectivity index (χ1n) is 19.5. The molecule has 0 aliphatic carbocycles. The summed E-state index contributed by atoms with van der Waals surface area (Å²) in [4.78, 5) is 2.22. The smallest absolute Gasteiger partial charge is 0.379 e.